The van der Waals surface area contributed by atoms with Gasteiger partial charge in [-0.2, -0.15) is 0 Å². The first-order chi connectivity index (χ1) is 8.31. The first kappa shape index (κ1) is 14.3. The van der Waals surface area contributed by atoms with Crippen LogP contribution in [0.1, 0.15) is 13.3 Å². The molecule has 0 radical (unpaired) electrons. The molecule has 0 heterocycles. The Kier molecular flexibility index (Phi) is 4.55. The van der Waals surface area contributed by atoms with Crippen molar-refractivity contribution in [1.82, 2.24) is 0 Å². The highest BCUT2D eigenvalue weighted by Gasteiger charge is 2.19. The number of anilines is 1. The molecule has 1 aromatic carbocycles. The maximum Gasteiger partial charge on any atom is 0.305 e. The summed E-state index contributed by atoms with van der Waals surface area (Å²) in [6.07, 6.45) is -0.126. The van der Waals surface area contributed by atoms with Crippen molar-refractivity contribution >= 4 is 42.3 Å². The van der Waals surface area contributed by atoms with Gasteiger partial charge in [0.1, 0.15) is 13.5 Å². The minimum absolute atomic E-state index is 0.126. The highest BCUT2D eigenvalue weighted by molar-refractivity contribution is 6.39. The van der Waals surface area contributed by atoms with Gasteiger partial charge in [-0.1, -0.05) is 17.1 Å². The molecular formula is C10H12BClN2O4. The lowest BCUT2D eigenvalue weighted by atomic mass is 9.92. The average Bonchev–Trinajstić information content (AvgIpc) is 2.20. The van der Waals surface area contributed by atoms with Crippen LogP contribution in [0.5, 0.6) is 0 Å². The monoisotopic (exact) mass is 270 g/mol. The number of carboxylic acids is 1. The molecule has 0 spiro atoms. The van der Waals surface area contributed by atoms with E-state index < -0.39 is 16.9 Å². The number of nitrogens with zero attached hydrogens (tertiary/aromatic N) is 1. The summed E-state index contributed by atoms with van der Waals surface area (Å²) in [5.74, 6) is -0.968. The van der Waals surface area contributed by atoms with Crippen molar-refractivity contribution in [3.8, 4) is 0 Å². The predicted octanol–water partition coefficient (Wildman–Crippen LogP) is 0.782. The number of carboxylic acid groups (broad SMARTS) is 1. The molecule has 0 bridgehead atoms. The minimum Gasteiger partial charge on any atom is -0.481 e. The van der Waals surface area contributed by atoms with E-state index in [4.69, 9.17) is 16.7 Å². The van der Waals surface area contributed by atoms with Gasteiger partial charge < -0.3 is 10.4 Å². The third-order valence-corrected chi connectivity index (χ3v) is 2.57. The Morgan fingerprint density at radius 3 is 2.78 bits per heavy atom. The summed E-state index contributed by atoms with van der Waals surface area (Å²) in [5, 5.41) is 22.7. The Labute approximate surface area is 110 Å². The van der Waals surface area contributed by atoms with E-state index in [1.807, 2.05) is 0 Å². The SMILES string of the molecule is Bc1cc(Cl)cc([N+](=O)[O-])c1N[C@H](C)CC(=O)O. The van der Waals surface area contributed by atoms with Crippen LogP contribution in [0.4, 0.5) is 11.4 Å². The van der Waals surface area contributed by atoms with Gasteiger partial charge >= 0.3 is 5.97 Å². The van der Waals surface area contributed by atoms with Crippen LogP contribution in [0.25, 0.3) is 0 Å². The quantitative estimate of drug-likeness (QED) is 0.468. The molecule has 0 aliphatic heterocycles. The van der Waals surface area contributed by atoms with Crippen molar-refractivity contribution in [3.63, 3.8) is 0 Å². The Morgan fingerprint density at radius 1 is 1.67 bits per heavy atom. The van der Waals surface area contributed by atoms with E-state index in [0.29, 0.717) is 11.2 Å². The largest absolute Gasteiger partial charge is 0.481 e. The molecule has 1 aromatic rings. The summed E-state index contributed by atoms with van der Waals surface area (Å²) < 4.78 is 0. The lowest BCUT2D eigenvalue weighted by molar-refractivity contribution is -0.383. The average molecular weight is 270 g/mol. The second-order valence-electron chi connectivity index (χ2n) is 4.02. The Morgan fingerprint density at radius 2 is 2.28 bits per heavy atom. The predicted molar refractivity (Wildman–Crippen MR) is 71.6 cm³/mol. The van der Waals surface area contributed by atoms with Crippen LogP contribution in [0.15, 0.2) is 12.1 Å². The number of benzene rings is 1. The topological polar surface area (TPSA) is 92.5 Å². The number of halogens is 1. The molecule has 1 rings (SSSR count). The zero-order valence-electron chi connectivity index (χ0n) is 9.94. The number of rotatable bonds is 5. The van der Waals surface area contributed by atoms with Gasteiger partial charge in [-0.15, -0.1) is 0 Å². The van der Waals surface area contributed by atoms with Gasteiger partial charge in [-0.3, -0.25) is 14.9 Å². The zero-order chi connectivity index (χ0) is 13.9. The smallest absolute Gasteiger partial charge is 0.305 e. The minimum atomic E-state index is -0.968. The standard InChI is InChI=1S/C10H12BClN2O4/c1-5(2-9(15)16)13-10-7(11)3-6(12)4-8(10)14(17)18/h3-5,13H,2,11H2,1H3,(H,15,16)/t5-/m1/s1. The summed E-state index contributed by atoms with van der Waals surface area (Å²) in [4.78, 5) is 20.9. The molecular weight excluding hydrogens is 258 g/mol. The molecule has 0 saturated carbocycles. The van der Waals surface area contributed by atoms with Crippen LogP contribution in [0.2, 0.25) is 5.02 Å². The van der Waals surface area contributed by atoms with E-state index in [1.165, 1.54) is 6.07 Å². The normalized spacial score (nSPS) is 11.9. The Balaban J connectivity index is 3.07. The number of hydrogen-bond acceptors (Lipinski definition) is 4. The molecule has 0 saturated heterocycles. The van der Waals surface area contributed by atoms with Crippen LogP contribution < -0.4 is 10.8 Å². The lowest BCUT2D eigenvalue weighted by Crippen LogP contribution is -2.24. The summed E-state index contributed by atoms with van der Waals surface area (Å²) >= 11 is 5.76. The van der Waals surface area contributed by atoms with E-state index >= 15 is 0 Å². The zero-order valence-corrected chi connectivity index (χ0v) is 10.7. The first-order valence-electron chi connectivity index (χ1n) is 5.24. The first-order valence-corrected chi connectivity index (χ1v) is 5.62. The van der Waals surface area contributed by atoms with Crippen LogP contribution in [0, 0.1) is 10.1 Å². The number of nitro groups is 1. The van der Waals surface area contributed by atoms with E-state index in [-0.39, 0.29) is 17.1 Å². The van der Waals surface area contributed by atoms with Crippen molar-refractivity contribution < 1.29 is 14.8 Å². The van der Waals surface area contributed by atoms with Crippen molar-refractivity contribution in [1.29, 1.82) is 0 Å². The highest BCUT2D eigenvalue weighted by atomic mass is 35.5. The molecule has 0 unspecified atom stereocenters. The summed E-state index contributed by atoms with van der Waals surface area (Å²) in [7, 11) is 1.68. The van der Waals surface area contributed by atoms with Gasteiger partial charge in [-0.25, -0.2) is 0 Å². The van der Waals surface area contributed by atoms with E-state index in [1.54, 1.807) is 20.8 Å². The second kappa shape index (κ2) is 5.73. The van der Waals surface area contributed by atoms with Gasteiger partial charge in [0, 0.05) is 17.1 Å². The molecule has 0 aliphatic carbocycles. The number of nitro benzene ring substituents is 1. The van der Waals surface area contributed by atoms with E-state index in [0.717, 1.165) is 0 Å². The van der Waals surface area contributed by atoms with E-state index in [9.17, 15) is 14.9 Å². The Hall–Kier alpha value is -1.76. The van der Waals surface area contributed by atoms with Crippen molar-refractivity contribution in [3.05, 3.63) is 27.3 Å². The van der Waals surface area contributed by atoms with Crippen molar-refractivity contribution in [2.45, 2.75) is 19.4 Å². The molecule has 96 valence electrons. The Bertz CT molecular complexity index is 495. The molecule has 6 nitrogen and oxygen atoms in total. The van der Waals surface area contributed by atoms with Crippen molar-refractivity contribution in [2.75, 3.05) is 5.32 Å². The van der Waals surface area contributed by atoms with E-state index in [2.05, 4.69) is 5.32 Å². The maximum absolute atomic E-state index is 10.9. The van der Waals surface area contributed by atoms with Gasteiger partial charge in [0.15, 0.2) is 0 Å². The fraction of sp³-hybridized carbons (Fsp3) is 0.300. The molecule has 0 fully saturated rings. The fourth-order valence-electron chi connectivity index (χ4n) is 1.62. The summed E-state index contributed by atoms with van der Waals surface area (Å²) in [5.41, 5.74) is 0.752. The molecule has 8 heteroatoms. The third-order valence-electron chi connectivity index (χ3n) is 2.35. The van der Waals surface area contributed by atoms with Crippen molar-refractivity contribution in [2.24, 2.45) is 0 Å². The molecule has 2 N–H and O–H groups in total. The van der Waals surface area contributed by atoms with Crippen LogP contribution in [-0.4, -0.2) is 29.9 Å². The number of nitrogens with one attached hydrogen (secondary N) is 1. The molecule has 18 heavy (non-hydrogen) atoms. The second-order valence-corrected chi connectivity index (χ2v) is 4.45. The van der Waals surface area contributed by atoms with Gasteiger partial charge in [0.2, 0.25) is 0 Å². The van der Waals surface area contributed by atoms with Gasteiger partial charge in [-0.05, 0) is 13.0 Å². The van der Waals surface area contributed by atoms with Crippen LogP contribution in [-0.2, 0) is 4.79 Å². The molecule has 0 aliphatic rings. The fourth-order valence-corrected chi connectivity index (χ4v) is 1.88. The number of aliphatic carboxylic acids is 1. The van der Waals surface area contributed by atoms with Gasteiger partial charge in [0.25, 0.3) is 5.69 Å². The van der Waals surface area contributed by atoms with Crippen LogP contribution >= 0.6 is 11.6 Å². The summed E-state index contributed by atoms with van der Waals surface area (Å²) in [6, 6.07) is 2.41. The lowest BCUT2D eigenvalue weighted by Gasteiger charge is -2.15. The summed E-state index contributed by atoms with van der Waals surface area (Å²) in [6.45, 7) is 1.64. The molecule has 1 atom stereocenters. The van der Waals surface area contributed by atoms with Gasteiger partial charge in [0.05, 0.1) is 11.3 Å². The van der Waals surface area contributed by atoms with Crippen LogP contribution in [0.3, 0.4) is 0 Å². The number of carbonyl (C=O) groups is 1. The third kappa shape index (κ3) is 3.63. The molecule has 0 amide bonds. The number of hydrogen-bond donors (Lipinski definition) is 2. The highest BCUT2D eigenvalue weighted by Crippen LogP contribution is 2.26. The molecule has 0 aromatic heterocycles. The maximum atomic E-state index is 10.9.